The van der Waals surface area contributed by atoms with E-state index in [2.05, 4.69) is 10.6 Å². The largest absolute Gasteiger partial charge is 0.493 e. The lowest BCUT2D eigenvalue weighted by Gasteiger charge is -2.14. The predicted molar refractivity (Wildman–Crippen MR) is 101 cm³/mol. The molecule has 0 saturated carbocycles. The minimum atomic E-state index is -0.416. The van der Waals surface area contributed by atoms with Gasteiger partial charge in [-0.2, -0.15) is 0 Å². The van der Waals surface area contributed by atoms with Gasteiger partial charge in [0.05, 0.1) is 27.9 Å². The lowest BCUT2D eigenvalue weighted by Crippen LogP contribution is -2.36. The molecule has 0 saturated heterocycles. The molecule has 0 aliphatic rings. The molecular weight excluding hydrogens is 348 g/mol. The van der Waals surface area contributed by atoms with E-state index >= 15 is 0 Å². The van der Waals surface area contributed by atoms with Crippen LogP contribution in [0.2, 0.25) is 0 Å². The van der Waals surface area contributed by atoms with E-state index in [-0.39, 0.29) is 12.5 Å². The van der Waals surface area contributed by atoms with E-state index in [9.17, 15) is 9.59 Å². The fourth-order valence-corrected chi connectivity index (χ4v) is 2.54. The Morgan fingerprint density at radius 1 is 0.926 bits per heavy atom. The van der Waals surface area contributed by atoms with Crippen LogP contribution in [0.4, 0.5) is 0 Å². The van der Waals surface area contributed by atoms with Gasteiger partial charge in [0.2, 0.25) is 11.7 Å². The maximum atomic E-state index is 12.4. The van der Waals surface area contributed by atoms with Crippen LogP contribution in [0.15, 0.2) is 36.4 Å². The predicted octanol–water partition coefficient (Wildman–Crippen LogP) is 2.07. The normalized spacial score (nSPS) is 10.1. The van der Waals surface area contributed by atoms with Crippen molar-refractivity contribution >= 4 is 11.8 Å². The zero-order valence-electron chi connectivity index (χ0n) is 15.9. The third-order valence-electron chi connectivity index (χ3n) is 4.07. The molecule has 0 heterocycles. The van der Waals surface area contributed by atoms with Crippen molar-refractivity contribution in [1.29, 1.82) is 0 Å². The number of hydrogen-bond donors (Lipinski definition) is 2. The monoisotopic (exact) mass is 372 g/mol. The summed E-state index contributed by atoms with van der Waals surface area (Å²) in [7, 11) is 4.43. The first-order valence-electron chi connectivity index (χ1n) is 8.39. The lowest BCUT2D eigenvalue weighted by molar-refractivity contribution is -0.120. The first kappa shape index (κ1) is 20.1. The van der Waals surface area contributed by atoms with Crippen LogP contribution in [0, 0.1) is 6.92 Å². The maximum Gasteiger partial charge on any atom is 0.251 e. The van der Waals surface area contributed by atoms with Gasteiger partial charge in [-0.05, 0) is 30.2 Å². The molecule has 2 amide bonds. The topological polar surface area (TPSA) is 85.9 Å². The molecule has 7 heteroatoms. The van der Waals surface area contributed by atoms with Gasteiger partial charge >= 0.3 is 0 Å². The standard InChI is InChI=1S/C20H24N2O5/c1-13-7-5-6-8-14(13)11-21-18(23)12-22-20(24)15-9-16(25-2)19(27-4)17(10-15)26-3/h5-10H,11-12H2,1-4H3,(H,21,23)(H,22,24). The van der Waals surface area contributed by atoms with E-state index in [0.29, 0.717) is 29.4 Å². The highest BCUT2D eigenvalue weighted by Crippen LogP contribution is 2.38. The van der Waals surface area contributed by atoms with Gasteiger partial charge in [-0.3, -0.25) is 9.59 Å². The minimum absolute atomic E-state index is 0.138. The van der Waals surface area contributed by atoms with E-state index < -0.39 is 5.91 Å². The molecule has 144 valence electrons. The Balaban J connectivity index is 1.97. The summed E-state index contributed by atoms with van der Waals surface area (Å²) in [5.74, 6) is 0.434. The average molecular weight is 372 g/mol. The van der Waals surface area contributed by atoms with Crippen molar-refractivity contribution in [1.82, 2.24) is 10.6 Å². The van der Waals surface area contributed by atoms with E-state index in [1.54, 1.807) is 0 Å². The zero-order chi connectivity index (χ0) is 19.8. The van der Waals surface area contributed by atoms with Crippen LogP contribution < -0.4 is 24.8 Å². The molecule has 0 atom stereocenters. The van der Waals surface area contributed by atoms with Crippen LogP contribution in [0.3, 0.4) is 0 Å². The van der Waals surface area contributed by atoms with E-state index in [0.717, 1.165) is 11.1 Å². The minimum Gasteiger partial charge on any atom is -0.493 e. The van der Waals surface area contributed by atoms with Gasteiger partial charge in [0.15, 0.2) is 11.5 Å². The summed E-state index contributed by atoms with van der Waals surface area (Å²) in [5.41, 5.74) is 2.43. The van der Waals surface area contributed by atoms with Crippen molar-refractivity contribution in [2.24, 2.45) is 0 Å². The zero-order valence-corrected chi connectivity index (χ0v) is 15.9. The number of aryl methyl sites for hydroxylation is 1. The van der Waals surface area contributed by atoms with Gasteiger partial charge in [0.25, 0.3) is 5.91 Å². The van der Waals surface area contributed by atoms with Gasteiger partial charge < -0.3 is 24.8 Å². The van der Waals surface area contributed by atoms with Crippen molar-refractivity contribution in [2.45, 2.75) is 13.5 Å². The molecule has 7 nitrogen and oxygen atoms in total. The third-order valence-corrected chi connectivity index (χ3v) is 4.07. The fraction of sp³-hybridized carbons (Fsp3) is 0.300. The summed E-state index contributed by atoms with van der Waals surface area (Å²) in [6, 6.07) is 10.8. The van der Waals surface area contributed by atoms with Gasteiger partial charge in [0.1, 0.15) is 0 Å². The molecule has 0 bridgehead atoms. The summed E-state index contributed by atoms with van der Waals surface area (Å²) < 4.78 is 15.7. The second-order valence-electron chi connectivity index (χ2n) is 5.80. The number of hydrogen-bond acceptors (Lipinski definition) is 5. The molecule has 0 aliphatic carbocycles. The lowest BCUT2D eigenvalue weighted by atomic mass is 10.1. The molecule has 2 rings (SSSR count). The van der Waals surface area contributed by atoms with Gasteiger partial charge in [-0.1, -0.05) is 24.3 Å². The van der Waals surface area contributed by atoms with Crippen molar-refractivity contribution in [3.8, 4) is 17.2 Å². The summed E-state index contributed by atoms with van der Waals surface area (Å²) in [5, 5.41) is 5.37. The molecule has 27 heavy (non-hydrogen) atoms. The van der Waals surface area contributed by atoms with E-state index in [4.69, 9.17) is 14.2 Å². The number of ether oxygens (including phenoxy) is 3. The van der Waals surface area contributed by atoms with Crippen LogP contribution in [0.5, 0.6) is 17.2 Å². The Hall–Kier alpha value is -3.22. The van der Waals surface area contributed by atoms with Gasteiger partial charge in [-0.25, -0.2) is 0 Å². The Bertz CT molecular complexity index is 795. The Labute approximate surface area is 158 Å². The van der Waals surface area contributed by atoms with Crippen molar-refractivity contribution in [2.75, 3.05) is 27.9 Å². The summed E-state index contributed by atoms with van der Waals surface area (Å²) in [6.45, 7) is 2.25. The Kier molecular flexibility index (Phi) is 7.05. The average Bonchev–Trinajstić information content (AvgIpc) is 2.70. The molecule has 0 aliphatic heterocycles. The van der Waals surface area contributed by atoms with Crippen LogP contribution in [0.1, 0.15) is 21.5 Å². The molecule has 0 spiro atoms. The van der Waals surface area contributed by atoms with Crippen molar-refractivity contribution in [3.63, 3.8) is 0 Å². The highest BCUT2D eigenvalue weighted by molar-refractivity contribution is 5.97. The molecular formula is C20H24N2O5. The summed E-state index contributed by atoms with van der Waals surface area (Å²) >= 11 is 0. The SMILES string of the molecule is COc1cc(C(=O)NCC(=O)NCc2ccccc2C)cc(OC)c1OC. The molecule has 0 unspecified atom stereocenters. The number of nitrogens with one attached hydrogen (secondary N) is 2. The molecule has 0 aromatic heterocycles. The summed E-state index contributed by atoms with van der Waals surface area (Å²) in [4.78, 5) is 24.4. The number of carbonyl (C=O) groups excluding carboxylic acids is 2. The van der Waals surface area contributed by atoms with E-state index in [1.807, 2.05) is 31.2 Å². The quantitative estimate of drug-likeness (QED) is 0.741. The van der Waals surface area contributed by atoms with Crippen LogP contribution in [-0.4, -0.2) is 39.7 Å². The number of amides is 2. The molecule has 0 fully saturated rings. The highest BCUT2D eigenvalue weighted by Gasteiger charge is 2.17. The number of carbonyl (C=O) groups is 2. The summed E-state index contributed by atoms with van der Waals surface area (Å²) in [6.07, 6.45) is 0. The molecule has 2 aromatic rings. The van der Waals surface area contributed by atoms with Crippen LogP contribution in [-0.2, 0) is 11.3 Å². The second-order valence-corrected chi connectivity index (χ2v) is 5.80. The number of benzene rings is 2. The fourth-order valence-electron chi connectivity index (χ4n) is 2.54. The molecule has 2 aromatic carbocycles. The first-order valence-corrected chi connectivity index (χ1v) is 8.39. The van der Waals surface area contributed by atoms with Gasteiger partial charge in [0, 0.05) is 12.1 Å². The van der Waals surface area contributed by atoms with Crippen molar-refractivity contribution in [3.05, 3.63) is 53.1 Å². The van der Waals surface area contributed by atoms with Crippen LogP contribution in [0.25, 0.3) is 0 Å². The smallest absolute Gasteiger partial charge is 0.251 e. The third kappa shape index (κ3) is 5.13. The maximum absolute atomic E-state index is 12.4. The highest BCUT2D eigenvalue weighted by atomic mass is 16.5. The Morgan fingerprint density at radius 3 is 2.11 bits per heavy atom. The van der Waals surface area contributed by atoms with Gasteiger partial charge in [-0.15, -0.1) is 0 Å². The number of methoxy groups -OCH3 is 3. The Morgan fingerprint density at radius 2 is 1.56 bits per heavy atom. The first-order chi connectivity index (χ1) is 13.0. The number of rotatable bonds is 8. The molecule has 0 radical (unpaired) electrons. The second kappa shape index (κ2) is 9.47. The van der Waals surface area contributed by atoms with Crippen LogP contribution >= 0.6 is 0 Å². The molecule has 2 N–H and O–H groups in total. The van der Waals surface area contributed by atoms with Crippen molar-refractivity contribution < 1.29 is 23.8 Å². The van der Waals surface area contributed by atoms with E-state index in [1.165, 1.54) is 33.5 Å².